The minimum absolute atomic E-state index is 1.04. The van der Waals surface area contributed by atoms with Crippen molar-refractivity contribution < 1.29 is 0 Å². The Morgan fingerprint density at radius 1 is 1.09 bits per heavy atom. The van der Waals surface area contributed by atoms with Crippen molar-refractivity contribution in [1.29, 1.82) is 0 Å². The lowest BCUT2D eigenvalue weighted by Gasteiger charge is -2.11. The van der Waals surface area contributed by atoms with Gasteiger partial charge < -0.3 is 0 Å². The predicted octanol–water partition coefficient (Wildman–Crippen LogP) is 3.96. The van der Waals surface area contributed by atoms with E-state index in [1.165, 1.54) is 51.4 Å². The molecule has 0 bridgehead atoms. The third-order valence-electron chi connectivity index (χ3n) is 2.76. The molecule has 1 saturated carbocycles. The van der Waals surface area contributed by atoms with Crippen molar-refractivity contribution >= 4 is 0 Å². The zero-order valence-corrected chi connectivity index (χ0v) is 7.81. The minimum Gasteiger partial charge on any atom is -0.0651 e. The quantitative estimate of drug-likeness (QED) is 0.538. The van der Waals surface area contributed by atoms with Crippen molar-refractivity contribution in [3.8, 4) is 0 Å². The largest absolute Gasteiger partial charge is 0.0651 e. The maximum atomic E-state index is 2.45. The summed E-state index contributed by atoms with van der Waals surface area (Å²) in [6, 6.07) is 0. The summed E-state index contributed by atoms with van der Waals surface area (Å²) in [5.41, 5.74) is 0. The molecule has 0 unspecified atom stereocenters. The first-order chi connectivity index (χ1) is 5.43. The zero-order valence-electron chi connectivity index (χ0n) is 7.81. The van der Waals surface area contributed by atoms with Crippen molar-refractivity contribution in [2.75, 3.05) is 0 Å². The molecule has 0 spiro atoms. The van der Waals surface area contributed by atoms with Gasteiger partial charge >= 0.3 is 0 Å². The normalized spacial score (nSPS) is 21.5. The summed E-state index contributed by atoms with van der Waals surface area (Å²) in [6.45, 7) is 2.25. The second-order valence-corrected chi connectivity index (χ2v) is 3.79. The third-order valence-corrected chi connectivity index (χ3v) is 2.76. The van der Waals surface area contributed by atoms with Gasteiger partial charge in [0.15, 0.2) is 0 Å². The summed E-state index contributed by atoms with van der Waals surface area (Å²) < 4.78 is 0. The molecule has 0 nitrogen and oxygen atoms in total. The summed E-state index contributed by atoms with van der Waals surface area (Å²) in [5.74, 6) is 1.04. The molecule has 0 aliphatic heterocycles. The summed E-state index contributed by atoms with van der Waals surface area (Å²) >= 11 is 0. The Morgan fingerprint density at radius 3 is 2.27 bits per heavy atom. The van der Waals surface area contributed by atoms with Gasteiger partial charge in [-0.3, -0.25) is 0 Å². The molecule has 0 N–H and O–H groups in total. The monoisotopic (exact) mass is 153 g/mol. The van der Waals surface area contributed by atoms with Gasteiger partial charge in [0, 0.05) is 0 Å². The third kappa shape index (κ3) is 3.79. The van der Waals surface area contributed by atoms with Crippen LogP contribution in [0.4, 0.5) is 0 Å². The van der Waals surface area contributed by atoms with E-state index in [9.17, 15) is 0 Å². The van der Waals surface area contributed by atoms with E-state index in [0.29, 0.717) is 0 Å². The van der Waals surface area contributed by atoms with Gasteiger partial charge in [-0.2, -0.15) is 0 Å². The molecule has 1 aliphatic rings. The standard InChI is InChI=1S/C11H21/c1-2-3-8-11-9-6-4-5-7-10-11/h3,11H,2,4-10H2,1H3. The second-order valence-electron chi connectivity index (χ2n) is 3.79. The van der Waals surface area contributed by atoms with E-state index in [1.54, 1.807) is 0 Å². The Hall–Kier alpha value is 0. The van der Waals surface area contributed by atoms with Crippen LogP contribution in [0.2, 0.25) is 0 Å². The second kappa shape index (κ2) is 5.62. The number of unbranched alkanes of at least 4 members (excludes halogenated alkanes) is 1. The first-order valence-corrected chi connectivity index (χ1v) is 5.25. The van der Waals surface area contributed by atoms with Crippen LogP contribution in [-0.2, 0) is 0 Å². The average Bonchev–Trinajstić information content (AvgIpc) is 2.28. The van der Waals surface area contributed by atoms with Crippen LogP contribution in [-0.4, -0.2) is 0 Å². The number of hydrogen-bond acceptors (Lipinski definition) is 0. The van der Waals surface area contributed by atoms with Gasteiger partial charge in [-0.1, -0.05) is 51.9 Å². The van der Waals surface area contributed by atoms with Gasteiger partial charge in [0.2, 0.25) is 0 Å². The molecule has 0 amide bonds. The molecule has 0 atom stereocenters. The van der Waals surface area contributed by atoms with Crippen LogP contribution in [0.5, 0.6) is 0 Å². The Kier molecular flexibility index (Phi) is 4.65. The fourth-order valence-electron chi connectivity index (χ4n) is 2.00. The molecule has 0 saturated heterocycles. The maximum Gasteiger partial charge on any atom is -0.0386 e. The van der Waals surface area contributed by atoms with Crippen LogP contribution in [0.1, 0.15) is 58.3 Å². The van der Waals surface area contributed by atoms with Gasteiger partial charge in [-0.15, -0.1) is 0 Å². The van der Waals surface area contributed by atoms with Crippen molar-refractivity contribution in [3.05, 3.63) is 6.42 Å². The predicted molar refractivity (Wildman–Crippen MR) is 50.4 cm³/mol. The maximum absolute atomic E-state index is 2.45. The topological polar surface area (TPSA) is 0 Å². The van der Waals surface area contributed by atoms with Gasteiger partial charge in [0.1, 0.15) is 0 Å². The minimum atomic E-state index is 1.04. The molecule has 0 aromatic rings. The molecule has 65 valence electrons. The highest BCUT2D eigenvalue weighted by Gasteiger charge is 2.10. The fraction of sp³-hybridized carbons (Fsp3) is 0.909. The molecule has 0 aromatic carbocycles. The lowest BCUT2D eigenvalue weighted by molar-refractivity contribution is 0.450. The summed E-state index contributed by atoms with van der Waals surface area (Å²) in [4.78, 5) is 0. The highest BCUT2D eigenvalue weighted by Crippen LogP contribution is 2.26. The Labute approximate surface area is 71.4 Å². The summed E-state index contributed by atoms with van der Waals surface area (Å²) in [7, 11) is 0. The first-order valence-electron chi connectivity index (χ1n) is 5.25. The Bertz CT molecular complexity index is 78.0. The van der Waals surface area contributed by atoms with E-state index in [2.05, 4.69) is 13.3 Å². The van der Waals surface area contributed by atoms with Crippen LogP contribution in [0, 0.1) is 12.3 Å². The van der Waals surface area contributed by atoms with Crippen molar-refractivity contribution in [1.82, 2.24) is 0 Å². The van der Waals surface area contributed by atoms with Crippen LogP contribution in [0.25, 0.3) is 0 Å². The molecule has 0 heteroatoms. The van der Waals surface area contributed by atoms with Crippen LogP contribution >= 0.6 is 0 Å². The highest BCUT2D eigenvalue weighted by molar-refractivity contribution is 4.71. The van der Waals surface area contributed by atoms with Gasteiger partial charge in [-0.05, 0) is 18.8 Å². The number of rotatable bonds is 3. The van der Waals surface area contributed by atoms with E-state index in [1.807, 2.05) is 0 Å². The lowest BCUT2D eigenvalue weighted by atomic mass is 9.94. The van der Waals surface area contributed by atoms with E-state index >= 15 is 0 Å². The van der Waals surface area contributed by atoms with E-state index in [4.69, 9.17) is 0 Å². The molecule has 1 aliphatic carbocycles. The molecule has 11 heavy (non-hydrogen) atoms. The van der Waals surface area contributed by atoms with E-state index in [-0.39, 0.29) is 0 Å². The zero-order chi connectivity index (χ0) is 7.94. The summed E-state index contributed by atoms with van der Waals surface area (Å²) in [6.07, 6.45) is 14.0. The molecular weight excluding hydrogens is 132 g/mol. The summed E-state index contributed by atoms with van der Waals surface area (Å²) in [5, 5.41) is 0. The van der Waals surface area contributed by atoms with Crippen LogP contribution < -0.4 is 0 Å². The van der Waals surface area contributed by atoms with Crippen LogP contribution in [0.15, 0.2) is 0 Å². The molecule has 0 heterocycles. The van der Waals surface area contributed by atoms with Crippen molar-refractivity contribution in [2.24, 2.45) is 5.92 Å². The molecule has 1 rings (SSSR count). The van der Waals surface area contributed by atoms with Crippen molar-refractivity contribution in [2.45, 2.75) is 58.3 Å². The van der Waals surface area contributed by atoms with E-state index in [0.717, 1.165) is 5.92 Å². The fourth-order valence-corrected chi connectivity index (χ4v) is 2.00. The van der Waals surface area contributed by atoms with Gasteiger partial charge in [-0.25, -0.2) is 0 Å². The molecule has 1 radical (unpaired) electrons. The van der Waals surface area contributed by atoms with Crippen molar-refractivity contribution in [3.63, 3.8) is 0 Å². The van der Waals surface area contributed by atoms with Gasteiger partial charge in [0.05, 0.1) is 0 Å². The SMILES string of the molecule is CC[CH]CC1CCCCCC1. The Balaban J connectivity index is 2.09. The average molecular weight is 153 g/mol. The van der Waals surface area contributed by atoms with Gasteiger partial charge in [0.25, 0.3) is 0 Å². The smallest absolute Gasteiger partial charge is 0.0386 e. The molecule has 0 aromatic heterocycles. The number of hydrogen-bond donors (Lipinski definition) is 0. The van der Waals surface area contributed by atoms with Crippen LogP contribution in [0.3, 0.4) is 0 Å². The highest BCUT2D eigenvalue weighted by atomic mass is 14.2. The lowest BCUT2D eigenvalue weighted by Crippen LogP contribution is -1.98. The molecular formula is C11H21. The van der Waals surface area contributed by atoms with E-state index < -0.39 is 0 Å². The molecule has 1 fully saturated rings. The first kappa shape index (κ1) is 9.09. The Morgan fingerprint density at radius 2 is 1.73 bits per heavy atom.